The number of hydrogen-bond donors (Lipinski definition) is 2. The number of nitrogens with one attached hydrogen (secondary N) is 1. The van der Waals surface area contributed by atoms with Gasteiger partial charge in [-0.05, 0) is 31.9 Å². The van der Waals surface area contributed by atoms with Gasteiger partial charge in [0.1, 0.15) is 0 Å². The minimum Gasteiger partial charge on any atom is -0.481 e. The molecule has 0 saturated carbocycles. The fourth-order valence-corrected chi connectivity index (χ4v) is 1.73. The maximum absolute atomic E-state index is 13.4. The zero-order valence-corrected chi connectivity index (χ0v) is 11.3. The second kappa shape index (κ2) is 7.32. The Labute approximate surface area is 119 Å². The molecule has 0 bridgehead atoms. The number of amides is 1. The lowest BCUT2D eigenvalue weighted by Gasteiger charge is -2.13. The van der Waals surface area contributed by atoms with E-state index < -0.39 is 28.3 Å². The predicted octanol–water partition coefficient (Wildman–Crippen LogP) is 2.11. The third-order valence-electron chi connectivity index (χ3n) is 2.81. The van der Waals surface area contributed by atoms with Crippen LogP contribution in [0.25, 0.3) is 0 Å². The summed E-state index contributed by atoms with van der Waals surface area (Å²) >= 11 is 0. The van der Waals surface area contributed by atoms with Crippen LogP contribution in [-0.2, 0) is 4.79 Å². The average molecular weight is 298 g/mol. The molecule has 0 radical (unpaired) electrons. The van der Waals surface area contributed by atoms with E-state index in [-0.39, 0.29) is 18.0 Å². The molecule has 1 aromatic carbocycles. The van der Waals surface area contributed by atoms with E-state index in [1.807, 2.05) is 0 Å². The highest BCUT2D eigenvalue weighted by Gasteiger charge is 2.17. The molecule has 2 N–H and O–H groups in total. The molecular formula is C13H15FN2O5. The molecule has 0 fully saturated rings. The normalized spacial score (nSPS) is 11.7. The van der Waals surface area contributed by atoms with Crippen molar-refractivity contribution in [1.29, 1.82) is 0 Å². The molecule has 0 aliphatic heterocycles. The Kier molecular flexibility index (Phi) is 5.77. The van der Waals surface area contributed by atoms with Gasteiger partial charge in [-0.15, -0.1) is 0 Å². The lowest BCUT2D eigenvalue weighted by molar-refractivity contribution is -0.387. The third-order valence-corrected chi connectivity index (χ3v) is 2.81. The second-order valence-corrected chi connectivity index (χ2v) is 4.58. The highest BCUT2D eigenvalue weighted by atomic mass is 19.1. The van der Waals surface area contributed by atoms with Gasteiger partial charge in [0.05, 0.1) is 4.92 Å². The summed E-state index contributed by atoms with van der Waals surface area (Å²) in [5.74, 6) is -2.55. The van der Waals surface area contributed by atoms with Crippen LogP contribution in [0.4, 0.5) is 10.1 Å². The van der Waals surface area contributed by atoms with Gasteiger partial charge in [-0.2, -0.15) is 4.39 Å². The molecule has 0 aliphatic rings. The number of aliphatic carboxylic acids is 1. The van der Waals surface area contributed by atoms with Crippen LogP contribution in [0.3, 0.4) is 0 Å². The van der Waals surface area contributed by atoms with Gasteiger partial charge in [-0.25, -0.2) is 0 Å². The first-order valence-corrected chi connectivity index (χ1v) is 6.28. The summed E-state index contributed by atoms with van der Waals surface area (Å²) in [6, 6.07) is 2.62. The lowest BCUT2D eigenvalue weighted by atomic mass is 10.1. The van der Waals surface area contributed by atoms with Crippen molar-refractivity contribution < 1.29 is 24.0 Å². The summed E-state index contributed by atoms with van der Waals surface area (Å²) in [7, 11) is 0. The van der Waals surface area contributed by atoms with Gasteiger partial charge in [-0.1, -0.05) is 0 Å². The van der Waals surface area contributed by atoms with Crippen LogP contribution in [0.1, 0.15) is 36.5 Å². The number of nitrogens with zero attached hydrogens (tertiary/aromatic N) is 1. The van der Waals surface area contributed by atoms with Gasteiger partial charge in [0, 0.05) is 24.1 Å². The molecule has 0 aliphatic carbocycles. The number of carboxylic acid groups (broad SMARTS) is 1. The molecule has 1 aromatic rings. The van der Waals surface area contributed by atoms with Gasteiger partial charge >= 0.3 is 11.7 Å². The van der Waals surface area contributed by atoms with E-state index in [2.05, 4.69) is 5.32 Å². The summed E-state index contributed by atoms with van der Waals surface area (Å²) in [5, 5.41) is 21.6. The molecule has 1 rings (SSSR count). The van der Waals surface area contributed by atoms with Crippen LogP contribution in [0.15, 0.2) is 18.2 Å². The van der Waals surface area contributed by atoms with E-state index in [9.17, 15) is 24.1 Å². The van der Waals surface area contributed by atoms with Crippen molar-refractivity contribution >= 4 is 17.6 Å². The van der Waals surface area contributed by atoms with E-state index in [0.29, 0.717) is 12.8 Å². The van der Waals surface area contributed by atoms with Gasteiger partial charge in [0.15, 0.2) is 0 Å². The number of nitro benzene ring substituents is 1. The highest BCUT2D eigenvalue weighted by Crippen LogP contribution is 2.18. The smallest absolute Gasteiger partial charge is 0.304 e. The van der Waals surface area contributed by atoms with E-state index in [1.165, 1.54) is 6.07 Å². The second-order valence-electron chi connectivity index (χ2n) is 4.58. The van der Waals surface area contributed by atoms with E-state index in [1.54, 1.807) is 6.92 Å². The van der Waals surface area contributed by atoms with Crippen LogP contribution in [0.2, 0.25) is 0 Å². The molecular weight excluding hydrogens is 283 g/mol. The number of hydrogen-bond acceptors (Lipinski definition) is 4. The summed E-state index contributed by atoms with van der Waals surface area (Å²) in [6.07, 6.45) is 0.880. The first-order valence-electron chi connectivity index (χ1n) is 6.28. The first kappa shape index (κ1) is 16.5. The first-order chi connectivity index (χ1) is 9.81. The van der Waals surface area contributed by atoms with Crippen LogP contribution in [0.5, 0.6) is 0 Å². The maximum atomic E-state index is 13.4. The Balaban J connectivity index is 2.61. The van der Waals surface area contributed by atoms with Crippen LogP contribution >= 0.6 is 0 Å². The average Bonchev–Trinajstić information content (AvgIpc) is 2.37. The third kappa shape index (κ3) is 5.17. The molecule has 8 heteroatoms. The summed E-state index contributed by atoms with van der Waals surface area (Å²) in [4.78, 5) is 31.8. The van der Waals surface area contributed by atoms with Crippen LogP contribution in [0, 0.1) is 15.9 Å². The number of rotatable bonds is 7. The number of carbonyl (C=O) groups is 2. The molecule has 21 heavy (non-hydrogen) atoms. The quantitative estimate of drug-likeness (QED) is 0.591. The summed E-state index contributed by atoms with van der Waals surface area (Å²) in [5.41, 5.74) is -0.718. The highest BCUT2D eigenvalue weighted by molar-refractivity contribution is 5.94. The molecule has 7 nitrogen and oxygen atoms in total. The Morgan fingerprint density at radius 3 is 2.67 bits per heavy atom. The van der Waals surface area contributed by atoms with Crippen molar-refractivity contribution in [3.63, 3.8) is 0 Å². The molecule has 114 valence electrons. The zero-order chi connectivity index (χ0) is 16.0. The maximum Gasteiger partial charge on any atom is 0.304 e. The fourth-order valence-electron chi connectivity index (χ4n) is 1.73. The SMILES string of the molecule is CC(CCCC(=O)O)NC(=O)c1ccc([N+](=O)[O-])c(F)c1. The fraction of sp³-hybridized carbons (Fsp3) is 0.385. The largest absolute Gasteiger partial charge is 0.481 e. The van der Waals surface area contributed by atoms with Crippen molar-refractivity contribution in [2.24, 2.45) is 0 Å². The van der Waals surface area contributed by atoms with Crippen molar-refractivity contribution in [3.8, 4) is 0 Å². The number of halogens is 1. The van der Waals surface area contributed by atoms with Crippen LogP contribution < -0.4 is 5.32 Å². The Bertz CT molecular complexity index is 561. The van der Waals surface area contributed by atoms with Crippen molar-refractivity contribution in [2.75, 3.05) is 0 Å². The van der Waals surface area contributed by atoms with Crippen molar-refractivity contribution in [3.05, 3.63) is 39.7 Å². The topological polar surface area (TPSA) is 110 Å². The molecule has 1 amide bonds. The number of benzene rings is 1. The molecule has 0 saturated heterocycles. The Morgan fingerprint density at radius 2 is 2.14 bits per heavy atom. The van der Waals surface area contributed by atoms with E-state index >= 15 is 0 Å². The summed E-state index contributed by atoms with van der Waals surface area (Å²) < 4.78 is 13.4. The standard InChI is InChI=1S/C13H15FN2O5/c1-8(3-2-4-12(17)18)15-13(19)9-5-6-11(16(20)21)10(14)7-9/h5-8H,2-4H2,1H3,(H,15,19)(H,17,18). The van der Waals surface area contributed by atoms with Gasteiger partial charge < -0.3 is 10.4 Å². The zero-order valence-electron chi connectivity index (χ0n) is 11.3. The van der Waals surface area contributed by atoms with Gasteiger partial charge in [0.2, 0.25) is 5.82 Å². The Morgan fingerprint density at radius 1 is 1.48 bits per heavy atom. The molecule has 0 aromatic heterocycles. The molecule has 0 spiro atoms. The van der Waals surface area contributed by atoms with Gasteiger partial charge in [-0.3, -0.25) is 19.7 Å². The predicted molar refractivity (Wildman–Crippen MR) is 71.5 cm³/mol. The molecule has 1 unspecified atom stereocenters. The van der Waals surface area contributed by atoms with E-state index in [4.69, 9.17) is 5.11 Å². The lowest BCUT2D eigenvalue weighted by Crippen LogP contribution is -2.32. The minimum atomic E-state index is -1.08. The number of carboxylic acids is 1. The van der Waals surface area contributed by atoms with E-state index in [0.717, 1.165) is 12.1 Å². The van der Waals surface area contributed by atoms with Crippen molar-refractivity contribution in [1.82, 2.24) is 5.32 Å². The Hall–Kier alpha value is -2.51. The monoisotopic (exact) mass is 298 g/mol. The number of carbonyl (C=O) groups excluding carboxylic acids is 1. The molecule has 0 heterocycles. The summed E-state index contributed by atoms with van der Waals surface area (Å²) in [6.45, 7) is 1.70. The van der Waals surface area contributed by atoms with Crippen molar-refractivity contribution in [2.45, 2.75) is 32.2 Å². The van der Waals surface area contributed by atoms with Crippen LogP contribution in [-0.4, -0.2) is 27.9 Å². The van der Waals surface area contributed by atoms with Gasteiger partial charge in [0.25, 0.3) is 5.91 Å². The number of nitro groups is 1. The minimum absolute atomic E-state index is 0.00632. The molecule has 1 atom stereocenters.